The molecule has 0 saturated heterocycles. The number of thiazole rings is 1. The number of amides is 1. The van der Waals surface area contributed by atoms with E-state index in [1.54, 1.807) is 31.2 Å². The summed E-state index contributed by atoms with van der Waals surface area (Å²) in [7, 11) is 1.07. The van der Waals surface area contributed by atoms with Gasteiger partial charge < -0.3 is 10.1 Å². The maximum atomic E-state index is 14.1. The molecule has 0 spiro atoms. The molecule has 0 aliphatic rings. The van der Waals surface area contributed by atoms with Gasteiger partial charge in [-0.05, 0) is 25.1 Å². The highest BCUT2D eigenvalue weighted by atomic mass is 35.5. The summed E-state index contributed by atoms with van der Waals surface area (Å²) < 4.78 is 32.2. The maximum absolute atomic E-state index is 14.1. The lowest BCUT2D eigenvalue weighted by Gasteiger charge is -2.08. The maximum Gasteiger partial charge on any atom is 0.340 e. The first-order chi connectivity index (χ1) is 13.3. The number of benzene rings is 2. The van der Waals surface area contributed by atoms with Crippen molar-refractivity contribution in [1.82, 2.24) is 4.98 Å². The zero-order valence-electron chi connectivity index (χ0n) is 14.7. The average Bonchev–Trinajstić information content (AvgIpc) is 3.05. The van der Waals surface area contributed by atoms with Gasteiger partial charge >= 0.3 is 5.97 Å². The lowest BCUT2D eigenvalue weighted by atomic mass is 10.1. The van der Waals surface area contributed by atoms with Crippen molar-refractivity contribution in [2.45, 2.75) is 6.92 Å². The predicted octanol–water partition coefficient (Wildman–Crippen LogP) is 5.09. The Morgan fingerprint density at radius 1 is 1.18 bits per heavy atom. The number of methoxy groups -OCH3 is 1. The minimum absolute atomic E-state index is 0.248. The molecule has 3 aromatic rings. The third-order valence-electron chi connectivity index (χ3n) is 3.78. The molecule has 2 aromatic carbocycles. The lowest BCUT2D eigenvalue weighted by molar-refractivity contribution is 0.0595. The van der Waals surface area contributed by atoms with Gasteiger partial charge in [0.1, 0.15) is 21.5 Å². The van der Waals surface area contributed by atoms with E-state index < -0.39 is 29.1 Å². The molecule has 1 heterocycles. The number of anilines is 1. The van der Waals surface area contributed by atoms with E-state index in [9.17, 15) is 18.4 Å². The third-order valence-corrected chi connectivity index (χ3v) is 5.22. The van der Waals surface area contributed by atoms with E-state index in [0.29, 0.717) is 21.8 Å². The quantitative estimate of drug-likeness (QED) is 0.595. The number of carbonyl (C=O) groups is 2. The molecule has 3 rings (SSSR count). The number of ether oxygens (including phenoxy) is 1. The molecule has 1 N–H and O–H groups in total. The Morgan fingerprint density at radius 2 is 1.93 bits per heavy atom. The van der Waals surface area contributed by atoms with Crippen molar-refractivity contribution in [3.8, 4) is 10.6 Å². The number of nitrogens with zero attached hydrogens (tertiary/aromatic N) is 1. The van der Waals surface area contributed by atoms with Crippen molar-refractivity contribution in [3.63, 3.8) is 0 Å². The Morgan fingerprint density at radius 3 is 2.61 bits per heavy atom. The summed E-state index contributed by atoms with van der Waals surface area (Å²) in [6.07, 6.45) is 0. The summed E-state index contributed by atoms with van der Waals surface area (Å²) in [6.45, 7) is 1.64. The third kappa shape index (κ3) is 4.02. The van der Waals surface area contributed by atoms with E-state index >= 15 is 0 Å². The second-order valence-electron chi connectivity index (χ2n) is 5.70. The van der Waals surface area contributed by atoms with Crippen molar-refractivity contribution in [2.75, 3.05) is 12.4 Å². The van der Waals surface area contributed by atoms with Crippen LogP contribution in [0.4, 0.5) is 14.5 Å². The highest BCUT2D eigenvalue weighted by molar-refractivity contribution is 7.17. The summed E-state index contributed by atoms with van der Waals surface area (Å²) in [5, 5.41) is 3.44. The summed E-state index contributed by atoms with van der Waals surface area (Å²) >= 11 is 7.08. The smallest absolute Gasteiger partial charge is 0.340 e. The largest absolute Gasteiger partial charge is 0.465 e. The zero-order chi connectivity index (χ0) is 20.4. The number of halogens is 3. The zero-order valence-corrected chi connectivity index (χ0v) is 16.3. The first-order valence-corrected chi connectivity index (χ1v) is 9.11. The Balaban J connectivity index is 1.91. The fourth-order valence-electron chi connectivity index (χ4n) is 2.44. The molecule has 0 radical (unpaired) electrons. The molecule has 5 nitrogen and oxygen atoms in total. The van der Waals surface area contributed by atoms with E-state index in [0.717, 1.165) is 30.1 Å². The van der Waals surface area contributed by atoms with Crippen molar-refractivity contribution in [3.05, 3.63) is 69.2 Å². The van der Waals surface area contributed by atoms with Crippen molar-refractivity contribution in [2.24, 2.45) is 0 Å². The number of hydrogen-bond acceptors (Lipinski definition) is 5. The van der Waals surface area contributed by atoms with Gasteiger partial charge in [0.15, 0.2) is 0 Å². The Kier molecular flexibility index (Phi) is 5.71. The normalized spacial score (nSPS) is 10.6. The van der Waals surface area contributed by atoms with E-state index in [2.05, 4.69) is 15.0 Å². The van der Waals surface area contributed by atoms with Crippen LogP contribution in [-0.2, 0) is 4.74 Å². The molecule has 0 aliphatic carbocycles. The standard InChI is InChI=1S/C19H13ClF2N2O3S/c1-9-16(28-18(23-9)10-4-3-5-11(20)6-10)17(25)24-15-7-12(19(26)27-2)13(21)8-14(15)22/h3-8H,1-2H3,(H,24,25). The molecular weight excluding hydrogens is 410 g/mol. The van der Waals surface area contributed by atoms with Crippen LogP contribution in [0.2, 0.25) is 5.02 Å². The fourth-order valence-corrected chi connectivity index (χ4v) is 3.59. The summed E-state index contributed by atoms with van der Waals surface area (Å²) in [4.78, 5) is 28.8. The molecule has 28 heavy (non-hydrogen) atoms. The van der Waals surface area contributed by atoms with Crippen LogP contribution in [0.1, 0.15) is 25.7 Å². The molecule has 0 saturated carbocycles. The Labute approximate surface area is 167 Å². The monoisotopic (exact) mass is 422 g/mol. The van der Waals surface area contributed by atoms with Crippen LogP contribution in [0.15, 0.2) is 36.4 Å². The topological polar surface area (TPSA) is 68.3 Å². The SMILES string of the molecule is COC(=O)c1cc(NC(=O)c2sc(-c3cccc(Cl)c3)nc2C)c(F)cc1F. The molecular formula is C19H13ClF2N2O3S. The predicted molar refractivity (Wildman–Crippen MR) is 103 cm³/mol. The number of hydrogen-bond donors (Lipinski definition) is 1. The van der Waals surface area contributed by atoms with E-state index in [1.165, 1.54) is 0 Å². The first kappa shape index (κ1) is 19.9. The Hall–Kier alpha value is -2.84. The van der Waals surface area contributed by atoms with Gasteiger partial charge in [-0.1, -0.05) is 23.7 Å². The van der Waals surface area contributed by atoms with E-state index in [-0.39, 0.29) is 10.6 Å². The Bertz CT molecular complexity index is 1090. The molecule has 144 valence electrons. The van der Waals surface area contributed by atoms with Crippen molar-refractivity contribution < 1.29 is 23.1 Å². The molecule has 0 fully saturated rings. The van der Waals surface area contributed by atoms with Gasteiger partial charge in [-0.25, -0.2) is 18.6 Å². The van der Waals surface area contributed by atoms with Crippen LogP contribution < -0.4 is 5.32 Å². The van der Waals surface area contributed by atoms with Gasteiger partial charge in [0.25, 0.3) is 5.91 Å². The van der Waals surface area contributed by atoms with E-state index in [4.69, 9.17) is 11.6 Å². The van der Waals surface area contributed by atoms with E-state index in [1.807, 2.05) is 0 Å². The average molecular weight is 423 g/mol. The van der Waals surface area contributed by atoms with Crippen molar-refractivity contribution >= 4 is 40.5 Å². The molecule has 0 bridgehead atoms. The van der Waals surface area contributed by atoms with Gasteiger partial charge in [0.05, 0.1) is 24.1 Å². The number of aromatic nitrogens is 1. The summed E-state index contributed by atoms with van der Waals surface area (Å²) in [5.74, 6) is -3.72. The highest BCUT2D eigenvalue weighted by Crippen LogP contribution is 2.30. The van der Waals surface area contributed by atoms with Crippen LogP contribution in [0.25, 0.3) is 10.6 Å². The number of nitrogens with one attached hydrogen (secondary N) is 1. The van der Waals surface area contributed by atoms with Crippen molar-refractivity contribution in [1.29, 1.82) is 0 Å². The summed E-state index contributed by atoms with van der Waals surface area (Å²) in [5.41, 5.74) is 0.345. The first-order valence-electron chi connectivity index (χ1n) is 7.92. The lowest BCUT2D eigenvalue weighted by Crippen LogP contribution is -2.14. The number of carbonyl (C=O) groups excluding carboxylic acids is 2. The molecule has 0 unspecified atom stereocenters. The van der Waals surface area contributed by atoms with Crippen LogP contribution in [0.5, 0.6) is 0 Å². The number of esters is 1. The fraction of sp³-hybridized carbons (Fsp3) is 0.105. The van der Waals surface area contributed by atoms with Gasteiger partial charge in [0.2, 0.25) is 0 Å². The van der Waals surface area contributed by atoms with Crippen LogP contribution in [0, 0.1) is 18.6 Å². The van der Waals surface area contributed by atoms with Crippen LogP contribution >= 0.6 is 22.9 Å². The van der Waals surface area contributed by atoms with Gasteiger partial charge in [-0.2, -0.15) is 0 Å². The molecule has 1 aromatic heterocycles. The second kappa shape index (κ2) is 8.04. The highest BCUT2D eigenvalue weighted by Gasteiger charge is 2.21. The summed E-state index contributed by atoms with van der Waals surface area (Å²) in [6, 6.07) is 8.39. The molecule has 0 atom stereocenters. The van der Waals surface area contributed by atoms with Gasteiger partial charge in [-0.3, -0.25) is 4.79 Å². The second-order valence-corrected chi connectivity index (χ2v) is 7.14. The van der Waals surface area contributed by atoms with Gasteiger partial charge in [-0.15, -0.1) is 11.3 Å². The minimum atomic E-state index is -1.08. The number of aryl methyl sites for hydroxylation is 1. The van der Waals surface area contributed by atoms with Crippen LogP contribution in [0.3, 0.4) is 0 Å². The molecule has 9 heteroatoms. The van der Waals surface area contributed by atoms with Gasteiger partial charge in [0, 0.05) is 16.7 Å². The number of rotatable bonds is 4. The minimum Gasteiger partial charge on any atom is -0.465 e. The molecule has 1 amide bonds. The molecule has 0 aliphatic heterocycles. The van der Waals surface area contributed by atoms with Crippen LogP contribution in [-0.4, -0.2) is 24.0 Å².